The maximum Gasteiger partial charge on any atom is 0.141 e. The molecule has 2 aromatic rings. The van der Waals surface area contributed by atoms with Crippen molar-refractivity contribution in [2.75, 3.05) is 14.2 Å². The summed E-state index contributed by atoms with van der Waals surface area (Å²) in [6, 6.07) is 7.96. The molecule has 0 bridgehead atoms. The molecule has 94 valence electrons. The highest BCUT2D eigenvalue weighted by Gasteiger charge is 2.15. The molecule has 0 amide bonds. The first kappa shape index (κ1) is 12.5. The number of aromatic nitrogens is 2. The van der Waals surface area contributed by atoms with Crippen LogP contribution in [0.2, 0.25) is 0 Å². The number of hydrogen-bond acceptors (Lipinski definition) is 4. The largest absolute Gasteiger partial charge is 0.495 e. The Kier molecular flexibility index (Phi) is 4.25. The summed E-state index contributed by atoms with van der Waals surface area (Å²) < 4.78 is 5.35. The van der Waals surface area contributed by atoms with Crippen molar-refractivity contribution in [2.45, 2.75) is 12.5 Å². The quantitative estimate of drug-likeness (QED) is 0.872. The molecule has 1 unspecified atom stereocenters. The summed E-state index contributed by atoms with van der Waals surface area (Å²) in [6.45, 7) is 0. The summed E-state index contributed by atoms with van der Waals surface area (Å²) in [5, 5.41) is 3.28. The minimum atomic E-state index is 0.128. The van der Waals surface area contributed by atoms with E-state index in [4.69, 9.17) is 4.74 Å². The van der Waals surface area contributed by atoms with Crippen LogP contribution in [-0.4, -0.2) is 24.1 Å². The van der Waals surface area contributed by atoms with E-state index in [1.165, 1.54) is 5.56 Å². The smallest absolute Gasteiger partial charge is 0.141 e. The Bertz CT molecular complexity index is 487. The highest BCUT2D eigenvalue weighted by atomic mass is 16.5. The lowest BCUT2D eigenvalue weighted by Crippen LogP contribution is -2.20. The maximum atomic E-state index is 5.35. The summed E-state index contributed by atoms with van der Waals surface area (Å²) >= 11 is 0. The molecule has 0 saturated heterocycles. The van der Waals surface area contributed by atoms with E-state index in [0.29, 0.717) is 0 Å². The molecule has 1 N–H and O–H groups in total. The lowest BCUT2D eigenvalue weighted by molar-refractivity contribution is 0.396. The first-order valence-corrected chi connectivity index (χ1v) is 5.90. The van der Waals surface area contributed by atoms with Crippen molar-refractivity contribution in [3.8, 4) is 5.75 Å². The van der Waals surface area contributed by atoms with Gasteiger partial charge in [-0.05, 0) is 43.3 Å². The number of likely N-dealkylation sites (N-methyl/N-ethyl adjacent to an activating group) is 1. The van der Waals surface area contributed by atoms with E-state index in [1.807, 2.05) is 31.3 Å². The normalized spacial score (nSPS) is 12.1. The van der Waals surface area contributed by atoms with Gasteiger partial charge in [-0.15, -0.1) is 0 Å². The van der Waals surface area contributed by atoms with Crippen LogP contribution < -0.4 is 10.1 Å². The Balaban J connectivity index is 2.23. The number of ether oxygens (including phenoxy) is 1. The van der Waals surface area contributed by atoms with Crippen LogP contribution in [0.15, 0.2) is 42.9 Å². The highest BCUT2D eigenvalue weighted by molar-refractivity contribution is 5.30. The Morgan fingerprint density at radius 1 is 1.22 bits per heavy atom. The van der Waals surface area contributed by atoms with Crippen molar-refractivity contribution in [1.82, 2.24) is 15.3 Å². The molecular weight excluding hydrogens is 226 g/mol. The summed E-state index contributed by atoms with van der Waals surface area (Å²) in [7, 11) is 3.60. The molecule has 0 aliphatic heterocycles. The zero-order chi connectivity index (χ0) is 12.8. The molecular formula is C14H17N3O. The van der Waals surface area contributed by atoms with Crippen LogP contribution in [0, 0.1) is 0 Å². The fraction of sp³-hybridized carbons (Fsp3) is 0.286. The van der Waals surface area contributed by atoms with Crippen molar-refractivity contribution in [1.29, 1.82) is 0 Å². The summed E-state index contributed by atoms with van der Waals surface area (Å²) in [5.41, 5.74) is 2.15. The van der Waals surface area contributed by atoms with Gasteiger partial charge in [-0.1, -0.05) is 0 Å². The van der Waals surface area contributed by atoms with E-state index in [9.17, 15) is 0 Å². The van der Waals surface area contributed by atoms with Crippen LogP contribution in [0.3, 0.4) is 0 Å². The second-order valence-electron chi connectivity index (χ2n) is 3.99. The third-order valence-corrected chi connectivity index (χ3v) is 2.89. The molecule has 4 heteroatoms. The molecule has 1 atom stereocenters. The molecule has 0 aliphatic rings. The fourth-order valence-corrected chi connectivity index (χ4v) is 1.93. The first-order chi connectivity index (χ1) is 8.85. The van der Waals surface area contributed by atoms with E-state index in [1.54, 1.807) is 25.7 Å². The lowest BCUT2D eigenvalue weighted by Gasteiger charge is -2.18. The zero-order valence-electron chi connectivity index (χ0n) is 10.6. The molecule has 2 heterocycles. The van der Waals surface area contributed by atoms with Crippen LogP contribution >= 0.6 is 0 Å². The average Bonchev–Trinajstić information content (AvgIpc) is 2.46. The maximum absolute atomic E-state index is 5.35. The van der Waals surface area contributed by atoms with Gasteiger partial charge in [0.05, 0.1) is 18.8 Å². The van der Waals surface area contributed by atoms with Gasteiger partial charge < -0.3 is 10.1 Å². The van der Waals surface area contributed by atoms with Crippen molar-refractivity contribution >= 4 is 0 Å². The minimum absolute atomic E-state index is 0.128. The molecule has 4 nitrogen and oxygen atoms in total. The third kappa shape index (κ3) is 2.84. The van der Waals surface area contributed by atoms with Gasteiger partial charge in [0.1, 0.15) is 5.75 Å². The van der Waals surface area contributed by atoms with Gasteiger partial charge in [0.2, 0.25) is 0 Å². The number of methoxy groups -OCH3 is 1. The molecule has 0 fully saturated rings. The SMILES string of the molecule is CNC(Cc1ccncc1)c1ncccc1OC. The van der Waals surface area contributed by atoms with Gasteiger partial charge in [0.25, 0.3) is 0 Å². The van der Waals surface area contributed by atoms with Crippen LogP contribution in [0.5, 0.6) is 5.75 Å². The van der Waals surface area contributed by atoms with Crippen molar-refractivity contribution in [3.05, 3.63) is 54.1 Å². The lowest BCUT2D eigenvalue weighted by atomic mass is 10.0. The number of hydrogen-bond donors (Lipinski definition) is 1. The molecule has 18 heavy (non-hydrogen) atoms. The second-order valence-corrected chi connectivity index (χ2v) is 3.99. The average molecular weight is 243 g/mol. The van der Waals surface area contributed by atoms with E-state index in [-0.39, 0.29) is 6.04 Å². The number of nitrogens with one attached hydrogen (secondary N) is 1. The Morgan fingerprint density at radius 2 is 2.00 bits per heavy atom. The molecule has 2 aromatic heterocycles. The molecule has 0 saturated carbocycles. The molecule has 0 spiro atoms. The standard InChI is InChI=1S/C14H17N3O/c1-15-12(10-11-5-8-16-9-6-11)14-13(18-2)4-3-7-17-14/h3-9,12,15H,10H2,1-2H3. The Morgan fingerprint density at radius 3 is 2.67 bits per heavy atom. The van der Waals surface area contributed by atoms with Gasteiger partial charge in [-0.2, -0.15) is 0 Å². The minimum Gasteiger partial charge on any atom is -0.495 e. The van der Waals surface area contributed by atoms with Crippen LogP contribution in [0.4, 0.5) is 0 Å². The van der Waals surface area contributed by atoms with E-state index in [0.717, 1.165) is 17.9 Å². The predicted octanol–water partition coefficient (Wildman–Crippen LogP) is 1.99. The van der Waals surface area contributed by atoms with E-state index >= 15 is 0 Å². The topological polar surface area (TPSA) is 47.0 Å². The van der Waals surface area contributed by atoms with Crippen molar-refractivity contribution < 1.29 is 4.74 Å². The van der Waals surface area contributed by atoms with Gasteiger partial charge >= 0.3 is 0 Å². The van der Waals surface area contributed by atoms with Crippen molar-refractivity contribution in [3.63, 3.8) is 0 Å². The van der Waals surface area contributed by atoms with Crippen LogP contribution in [-0.2, 0) is 6.42 Å². The first-order valence-electron chi connectivity index (χ1n) is 5.90. The second kappa shape index (κ2) is 6.12. The predicted molar refractivity (Wildman–Crippen MR) is 70.5 cm³/mol. The van der Waals surface area contributed by atoms with Gasteiger partial charge in [0, 0.05) is 18.6 Å². The summed E-state index contributed by atoms with van der Waals surface area (Å²) in [5.74, 6) is 0.811. The monoisotopic (exact) mass is 243 g/mol. The Labute approximate surface area is 107 Å². The van der Waals surface area contributed by atoms with Crippen molar-refractivity contribution in [2.24, 2.45) is 0 Å². The van der Waals surface area contributed by atoms with E-state index in [2.05, 4.69) is 15.3 Å². The van der Waals surface area contributed by atoms with Gasteiger partial charge in [-0.3, -0.25) is 9.97 Å². The molecule has 0 aromatic carbocycles. The van der Waals surface area contributed by atoms with Gasteiger partial charge in [-0.25, -0.2) is 0 Å². The summed E-state index contributed by atoms with van der Waals surface area (Å²) in [6.07, 6.45) is 6.25. The van der Waals surface area contributed by atoms with Crippen LogP contribution in [0.1, 0.15) is 17.3 Å². The zero-order valence-corrected chi connectivity index (χ0v) is 10.6. The number of rotatable bonds is 5. The molecule has 0 radical (unpaired) electrons. The van der Waals surface area contributed by atoms with Crippen LogP contribution in [0.25, 0.3) is 0 Å². The van der Waals surface area contributed by atoms with E-state index < -0.39 is 0 Å². The summed E-state index contributed by atoms with van der Waals surface area (Å²) in [4.78, 5) is 8.44. The van der Waals surface area contributed by atoms with Gasteiger partial charge in [0.15, 0.2) is 0 Å². The number of nitrogens with zero attached hydrogens (tertiary/aromatic N) is 2. The highest BCUT2D eigenvalue weighted by Crippen LogP contribution is 2.24. The number of pyridine rings is 2. The molecule has 0 aliphatic carbocycles. The third-order valence-electron chi connectivity index (χ3n) is 2.89. The Hall–Kier alpha value is -1.94. The fourth-order valence-electron chi connectivity index (χ4n) is 1.93. The molecule has 2 rings (SSSR count).